The molecular weight excluding hydrogens is 430 g/mol. The summed E-state index contributed by atoms with van der Waals surface area (Å²) in [6.07, 6.45) is -0.227. The van der Waals surface area contributed by atoms with Gasteiger partial charge in [-0.1, -0.05) is 30.3 Å². The Bertz CT molecular complexity index is 1260. The fourth-order valence-electron chi connectivity index (χ4n) is 3.54. The first-order valence-electron chi connectivity index (χ1n) is 11.1. The monoisotopic (exact) mass is 457 g/mol. The lowest BCUT2D eigenvalue weighted by Gasteiger charge is -2.18. The predicted octanol–water partition coefficient (Wildman–Crippen LogP) is 3.87. The predicted molar refractivity (Wildman–Crippen MR) is 132 cm³/mol. The van der Waals surface area contributed by atoms with E-state index in [1.54, 1.807) is 7.05 Å². The van der Waals surface area contributed by atoms with Gasteiger partial charge >= 0.3 is 0 Å². The van der Waals surface area contributed by atoms with Gasteiger partial charge in [-0.3, -0.25) is 0 Å². The van der Waals surface area contributed by atoms with Gasteiger partial charge in [-0.15, -0.1) is 0 Å². The Hall–Kier alpha value is -3.93. The van der Waals surface area contributed by atoms with Crippen LogP contribution in [-0.2, 0) is 0 Å². The van der Waals surface area contributed by atoms with E-state index >= 15 is 0 Å². The van der Waals surface area contributed by atoms with Gasteiger partial charge in [0.2, 0.25) is 0 Å². The molecule has 0 spiro atoms. The number of fused-ring (bicyclic) bond motifs is 1. The number of hydrogen-bond donors (Lipinski definition) is 2. The van der Waals surface area contributed by atoms with E-state index in [2.05, 4.69) is 11.4 Å². The minimum Gasteiger partial charge on any atom is -0.491 e. The Labute approximate surface area is 198 Å². The first-order valence-corrected chi connectivity index (χ1v) is 11.1. The largest absolute Gasteiger partial charge is 0.491 e. The second-order valence-electron chi connectivity index (χ2n) is 7.96. The average molecular weight is 458 g/mol. The molecule has 2 N–H and O–H groups in total. The zero-order valence-corrected chi connectivity index (χ0v) is 19.2. The highest BCUT2D eigenvalue weighted by Gasteiger charge is 2.15. The number of hydrogen-bond acceptors (Lipinski definition) is 8. The van der Waals surface area contributed by atoms with Crippen molar-refractivity contribution < 1.29 is 14.3 Å². The molecule has 0 radical (unpaired) electrons. The standard InChI is InChI=1S/C26H27N5O3/c1-28-16-20(32)17-33-21-9-5-8-19(13-21)26-29-22(15-25(30-26)31(2)12-6-11-27)24-14-18-7-3-4-10-23(18)34-24/h3-5,7-10,13-15,20,28,32H,6,12,16-17H2,1-2H3. The molecule has 4 aromatic rings. The van der Waals surface area contributed by atoms with Gasteiger partial charge in [-0.2, -0.15) is 5.26 Å². The molecular formula is C26H27N5O3. The van der Waals surface area contributed by atoms with Crippen LogP contribution in [0.4, 0.5) is 5.82 Å². The molecule has 2 heterocycles. The number of nitrogens with zero attached hydrogens (tertiary/aromatic N) is 4. The summed E-state index contributed by atoms with van der Waals surface area (Å²) in [5, 5.41) is 22.9. The molecule has 0 aliphatic heterocycles. The number of nitrogens with one attached hydrogen (secondary N) is 1. The topological polar surface area (TPSA) is 107 Å². The van der Waals surface area contributed by atoms with Crippen molar-refractivity contribution in [2.45, 2.75) is 12.5 Å². The van der Waals surface area contributed by atoms with Crippen LogP contribution in [-0.4, -0.2) is 55.0 Å². The molecule has 4 rings (SSSR count). The van der Waals surface area contributed by atoms with Crippen molar-refractivity contribution in [3.05, 3.63) is 60.7 Å². The molecule has 0 aliphatic carbocycles. The maximum atomic E-state index is 9.94. The molecule has 2 aromatic carbocycles. The number of nitriles is 1. The van der Waals surface area contributed by atoms with E-state index < -0.39 is 6.10 Å². The van der Waals surface area contributed by atoms with Gasteiger partial charge in [-0.25, -0.2) is 9.97 Å². The van der Waals surface area contributed by atoms with Gasteiger partial charge in [0.25, 0.3) is 0 Å². The number of rotatable bonds is 10. The summed E-state index contributed by atoms with van der Waals surface area (Å²) < 4.78 is 11.8. The van der Waals surface area contributed by atoms with Gasteiger partial charge < -0.3 is 24.5 Å². The summed E-state index contributed by atoms with van der Waals surface area (Å²) >= 11 is 0. The highest BCUT2D eigenvalue weighted by atomic mass is 16.5. The van der Waals surface area contributed by atoms with Crippen LogP contribution in [0, 0.1) is 11.3 Å². The fourth-order valence-corrected chi connectivity index (χ4v) is 3.54. The maximum absolute atomic E-state index is 9.94. The lowest BCUT2D eigenvalue weighted by Crippen LogP contribution is -2.29. The zero-order valence-electron chi connectivity index (χ0n) is 19.2. The summed E-state index contributed by atoms with van der Waals surface area (Å²) in [6.45, 7) is 1.16. The molecule has 174 valence electrons. The molecule has 0 fully saturated rings. The maximum Gasteiger partial charge on any atom is 0.162 e. The summed E-state index contributed by atoms with van der Waals surface area (Å²) in [5.41, 5.74) is 2.21. The van der Waals surface area contributed by atoms with Crippen molar-refractivity contribution in [1.29, 1.82) is 5.26 Å². The number of aliphatic hydroxyl groups is 1. The number of benzene rings is 2. The van der Waals surface area contributed by atoms with Crippen molar-refractivity contribution in [3.8, 4) is 34.7 Å². The third kappa shape index (κ3) is 5.52. The van der Waals surface area contributed by atoms with Crippen molar-refractivity contribution in [1.82, 2.24) is 15.3 Å². The van der Waals surface area contributed by atoms with Crippen LogP contribution in [0.5, 0.6) is 5.75 Å². The molecule has 0 saturated carbocycles. The van der Waals surface area contributed by atoms with Crippen LogP contribution in [0.15, 0.2) is 65.1 Å². The van der Waals surface area contributed by atoms with E-state index in [1.165, 1.54) is 0 Å². The van der Waals surface area contributed by atoms with E-state index in [1.807, 2.05) is 72.6 Å². The smallest absolute Gasteiger partial charge is 0.162 e. The van der Waals surface area contributed by atoms with Crippen LogP contribution in [0.25, 0.3) is 33.8 Å². The molecule has 8 heteroatoms. The molecule has 1 atom stereocenters. The van der Waals surface area contributed by atoms with Crippen LogP contribution in [0.2, 0.25) is 0 Å². The number of furan rings is 1. The molecule has 0 saturated heterocycles. The highest BCUT2D eigenvalue weighted by molar-refractivity contribution is 5.82. The molecule has 8 nitrogen and oxygen atoms in total. The Kier molecular flexibility index (Phi) is 7.38. The summed E-state index contributed by atoms with van der Waals surface area (Å²) in [7, 11) is 3.68. The van der Waals surface area contributed by atoms with E-state index in [9.17, 15) is 5.11 Å². The van der Waals surface area contributed by atoms with Crippen LogP contribution >= 0.6 is 0 Å². The van der Waals surface area contributed by atoms with Crippen molar-refractivity contribution in [2.75, 3.05) is 38.7 Å². The summed E-state index contributed by atoms with van der Waals surface area (Å²) in [6, 6.07) is 21.3. The van der Waals surface area contributed by atoms with Crippen LogP contribution in [0.3, 0.4) is 0 Å². The molecule has 0 bridgehead atoms. The molecule has 1 unspecified atom stereocenters. The van der Waals surface area contributed by atoms with E-state index in [0.717, 1.165) is 16.5 Å². The first kappa shape index (κ1) is 23.2. The first-order chi connectivity index (χ1) is 16.6. The van der Waals surface area contributed by atoms with Crippen LogP contribution in [0.1, 0.15) is 6.42 Å². The third-order valence-corrected chi connectivity index (χ3v) is 5.32. The Morgan fingerprint density at radius 2 is 2.00 bits per heavy atom. The van der Waals surface area contributed by atoms with E-state index in [-0.39, 0.29) is 6.61 Å². The van der Waals surface area contributed by atoms with E-state index in [4.69, 9.17) is 24.4 Å². The van der Waals surface area contributed by atoms with Gasteiger partial charge in [0.05, 0.1) is 12.5 Å². The lowest BCUT2D eigenvalue weighted by atomic mass is 10.2. The van der Waals surface area contributed by atoms with Crippen molar-refractivity contribution in [3.63, 3.8) is 0 Å². The fraction of sp³-hybridized carbons (Fsp3) is 0.269. The summed E-state index contributed by atoms with van der Waals surface area (Å²) in [4.78, 5) is 11.5. The molecule has 34 heavy (non-hydrogen) atoms. The lowest BCUT2D eigenvalue weighted by molar-refractivity contribution is 0.108. The number of ether oxygens (including phenoxy) is 1. The minimum atomic E-state index is -0.610. The Morgan fingerprint density at radius 1 is 1.15 bits per heavy atom. The number of para-hydroxylation sites is 1. The SMILES string of the molecule is CNCC(O)COc1cccc(-c2nc(-c3cc4ccccc4o3)cc(N(C)CCC#N)n2)c1. The zero-order chi connectivity index (χ0) is 23.9. The third-order valence-electron chi connectivity index (χ3n) is 5.32. The average Bonchev–Trinajstić information content (AvgIpc) is 3.31. The molecule has 0 amide bonds. The number of likely N-dealkylation sites (N-methyl/N-ethyl adjacent to an activating group) is 1. The Morgan fingerprint density at radius 3 is 2.79 bits per heavy atom. The Balaban J connectivity index is 1.71. The number of anilines is 1. The van der Waals surface area contributed by atoms with E-state index in [0.29, 0.717) is 48.4 Å². The molecule has 0 aliphatic rings. The van der Waals surface area contributed by atoms with Gasteiger partial charge in [-0.05, 0) is 31.3 Å². The van der Waals surface area contributed by atoms with Gasteiger partial charge in [0.1, 0.15) is 35.6 Å². The van der Waals surface area contributed by atoms with Gasteiger partial charge in [0, 0.05) is 37.2 Å². The van der Waals surface area contributed by atoms with Crippen molar-refractivity contribution >= 4 is 16.8 Å². The van der Waals surface area contributed by atoms with Gasteiger partial charge in [0.15, 0.2) is 11.6 Å². The van der Waals surface area contributed by atoms with Crippen molar-refractivity contribution in [2.24, 2.45) is 0 Å². The van der Waals surface area contributed by atoms with Crippen LogP contribution < -0.4 is 15.0 Å². The summed E-state index contributed by atoms with van der Waals surface area (Å²) in [5.74, 6) is 2.46. The molecule has 2 aromatic heterocycles. The second kappa shape index (κ2) is 10.8. The second-order valence-corrected chi connectivity index (χ2v) is 7.96. The highest BCUT2D eigenvalue weighted by Crippen LogP contribution is 2.31. The number of aromatic nitrogens is 2. The normalized spacial score (nSPS) is 11.8. The quantitative estimate of drug-likeness (QED) is 0.370. The minimum absolute atomic E-state index is 0.173. The number of aliphatic hydroxyl groups excluding tert-OH is 1.